The normalized spacial score (nSPS) is 11.9. The van der Waals surface area contributed by atoms with E-state index in [1.165, 1.54) is 0 Å². The quantitative estimate of drug-likeness (QED) is 0.525. The number of carbonyl (C=O) groups excluding carboxylic acids is 1. The number of sulfonamides is 1. The van der Waals surface area contributed by atoms with Crippen molar-refractivity contribution in [2.75, 3.05) is 10.0 Å². The predicted octanol–water partition coefficient (Wildman–Crippen LogP) is 4.57. The van der Waals surface area contributed by atoms with Gasteiger partial charge in [-0.05, 0) is 36.8 Å². The third-order valence-electron chi connectivity index (χ3n) is 3.77. The highest BCUT2D eigenvalue weighted by Gasteiger charge is 2.34. The van der Waals surface area contributed by atoms with Gasteiger partial charge >= 0.3 is 6.18 Å². The number of hydrogen-bond acceptors (Lipinski definition) is 6. The Morgan fingerprint density at radius 1 is 1.13 bits per heavy atom. The van der Waals surface area contributed by atoms with Gasteiger partial charge in [0.15, 0.2) is 0 Å². The molecule has 2 N–H and O–H groups in total. The standard InChI is InChI=1S/C17H12ClF3N4O3S2/c1-9-4-2-3-5-11(9)14(26)22-15-23-24-16(29-15)30(27,28)25-10-6-7-13(18)12(8-10)17(19,20)21/h2-8,25H,1H3,(H,22,23,26). The molecule has 1 amide bonds. The lowest BCUT2D eigenvalue weighted by Gasteiger charge is -2.11. The molecule has 13 heteroatoms. The van der Waals surface area contributed by atoms with Gasteiger partial charge in [0.2, 0.25) is 5.13 Å². The summed E-state index contributed by atoms with van der Waals surface area (Å²) in [6, 6.07) is 9.33. The molecule has 0 atom stereocenters. The second-order valence-electron chi connectivity index (χ2n) is 5.94. The Labute approximate surface area is 178 Å². The van der Waals surface area contributed by atoms with Crippen LogP contribution in [-0.4, -0.2) is 24.5 Å². The Morgan fingerprint density at radius 2 is 1.83 bits per heavy atom. The maximum Gasteiger partial charge on any atom is 0.417 e. The monoisotopic (exact) mass is 476 g/mol. The molecular formula is C17H12ClF3N4O3S2. The van der Waals surface area contributed by atoms with E-state index in [9.17, 15) is 26.4 Å². The minimum Gasteiger partial charge on any atom is -0.296 e. The summed E-state index contributed by atoms with van der Waals surface area (Å²) in [5, 5.41) is 8.89. The van der Waals surface area contributed by atoms with Crippen molar-refractivity contribution in [2.24, 2.45) is 0 Å². The maximum atomic E-state index is 13.0. The van der Waals surface area contributed by atoms with Gasteiger partial charge in [-0.3, -0.25) is 14.8 Å². The highest BCUT2D eigenvalue weighted by atomic mass is 35.5. The average molecular weight is 477 g/mol. The molecule has 3 aromatic rings. The van der Waals surface area contributed by atoms with Gasteiger partial charge < -0.3 is 0 Å². The highest BCUT2D eigenvalue weighted by molar-refractivity contribution is 7.94. The Balaban J connectivity index is 1.79. The van der Waals surface area contributed by atoms with Gasteiger partial charge in [-0.1, -0.05) is 41.1 Å². The van der Waals surface area contributed by atoms with Crippen LogP contribution < -0.4 is 10.0 Å². The van der Waals surface area contributed by atoms with Crippen LogP contribution in [0.4, 0.5) is 24.0 Å². The molecule has 0 spiro atoms. The number of aryl methyl sites for hydroxylation is 1. The minimum absolute atomic E-state index is 0.0873. The molecule has 0 aliphatic heterocycles. The number of alkyl halides is 3. The molecule has 158 valence electrons. The number of nitrogens with one attached hydrogen (secondary N) is 2. The van der Waals surface area contributed by atoms with Crippen molar-refractivity contribution in [1.82, 2.24) is 10.2 Å². The van der Waals surface area contributed by atoms with E-state index in [4.69, 9.17) is 11.6 Å². The number of carbonyl (C=O) groups is 1. The molecule has 0 aliphatic carbocycles. The fourth-order valence-corrected chi connectivity index (χ4v) is 4.54. The van der Waals surface area contributed by atoms with Crippen LogP contribution in [-0.2, 0) is 16.2 Å². The molecule has 0 radical (unpaired) electrons. The summed E-state index contributed by atoms with van der Waals surface area (Å²) in [5.41, 5.74) is -0.464. The SMILES string of the molecule is Cc1ccccc1C(=O)Nc1nnc(S(=O)(=O)Nc2ccc(Cl)c(C(F)(F)F)c2)s1. The zero-order chi connectivity index (χ0) is 22.1. The van der Waals surface area contributed by atoms with Crippen LogP contribution >= 0.6 is 22.9 Å². The van der Waals surface area contributed by atoms with Crippen molar-refractivity contribution >= 4 is 49.7 Å². The van der Waals surface area contributed by atoms with Crippen LogP contribution in [0.1, 0.15) is 21.5 Å². The van der Waals surface area contributed by atoms with Gasteiger partial charge in [-0.15, -0.1) is 10.2 Å². The summed E-state index contributed by atoms with van der Waals surface area (Å²) >= 11 is 6.07. The number of nitrogens with zero attached hydrogens (tertiary/aromatic N) is 2. The Hall–Kier alpha value is -2.70. The second-order valence-corrected chi connectivity index (χ2v) is 9.18. The first-order chi connectivity index (χ1) is 14.0. The molecule has 3 rings (SSSR count). The van der Waals surface area contributed by atoms with Gasteiger partial charge in [0.05, 0.1) is 10.6 Å². The number of halogens is 4. The molecule has 7 nitrogen and oxygen atoms in total. The van der Waals surface area contributed by atoms with Crippen LogP contribution in [0.3, 0.4) is 0 Å². The maximum absolute atomic E-state index is 13.0. The van der Waals surface area contributed by atoms with E-state index < -0.39 is 37.0 Å². The fourth-order valence-electron chi connectivity index (χ4n) is 2.37. The lowest BCUT2D eigenvalue weighted by Crippen LogP contribution is -2.14. The Morgan fingerprint density at radius 3 is 2.50 bits per heavy atom. The van der Waals surface area contributed by atoms with E-state index in [-0.39, 0.29) is 10.8 Å². The van der Waals surface area contributed by atoms with E-state index in [2.05, 4.69) is 15.5 Å². The summed E-state index contributed by atoms with van der Waals surface area (Å²) < 4.78 is 65.2. The molecular weight excluding hydrogens is 465 g/mol. The van der Waals surface area contributed by atoms with Gasteiger partial charge in [0, 0.05) is 11.3 Å². The van der Waals surface area contributed by atoms with Crippen molar-refractivity contribution in [3.63, 3.8) is 0 Å². The highest BCUT2D eigenvalue weighted by Crippen LogP contribution is 2.36. The van der Waals surface area contributed by atoms with Crippen LogP contribution in [0.5, 0.6) is 0 Å². The van der Waals surface area contributed by atoms with E-state index in [0.717, 1.165) is 12.1 Å². The van der Waals surface area contributed by atoms with Gasteiger partial charge in [-0.2, -0.15) is 21.6 Å². The van der Waals surface area contributed by atoms with E-state index >= 15 is 0 Å². The largest absolute Gasteiger partial charge is 0.417 e. The topological polar surface area (TPSA) is 101 Å². The first-order valence-corrected chi connectivity index (χ1v) is 10.8. The van der Waals surface area contributed by atoms with Crippen molar-refractivity contribution < 1.29 is 26.4 Å². The summed E-state index contributed by atoms with van der Waals surface area (Å²) in [6.45, 7) is 1.73. The van der Waals surface area contributed by atoms with Gasteiger partial charge in [-0.25, -0.2) is 0 Å². The van der Waals surface area contributed by atoms with E-state index in [0.29, 0.717) is 28.5 Å². The average Bonchev–Trinajstić information content (AvgIpc) is 3.12. The van der Waals surface area contributed by atoms with Crippen LogP contribution in [0.15, 0.2) is 46.8 Å². The molecule has 0 bridgehead atoms. The number of hydrogen-bond donors (Lipinski definition) is 2. The zero-order valence-corrected chi connectivity index (χ0v) is 17.4. The predicted molar refractivity (Wildman–Crippen MR) is 106 cm³/mol. The molecule has 0 aliphatic rings. The number of anilines is 2. The van der Waals surface area contributed by atoms with Crippen molar-refractivity contribution in [3.05, 3.63) is 64.2 Å². The lowest BCUT2D eigenvalue weighted by molar-refractivity contribution is -0.137. The third kappa shape index (κ3) is 4.89. The smallest absolute Gasteiger partial charge is 0.296 e. The first kappa shape index (κ1) is 22.0. The van der Waals surface area contributed by atoms with Crippen molar-refractivity contribution in [1.29, 1.82) is 0 Å². The molecule has 0 unspecified atom stereocenters. The summed E-state index contributed by atoms with van der Waals surface area (Å²) in [6.07, 6.45) is -4.76. The van der Waals surface area contributed by atoms with E-state index in [1.807, 2.05) is 4.72 Å². The first-order valence-electron chi connectivity index (χ1n) is 8.07. The number of benzene rings is 2. The number of rotatable bonds is 5. The molecule has 0 fully saturated rings. The number of aromatic nitrogens is 2. The second kappa shape index (κ2) is 8.20. The number of amides is 1. The zero-order valence-electron chi connectivity index (χ0n) is 15.0. The third-order valence-corrected chi connectivity index (χ3v) is 6.69. The Kier molecular flexibility index (Phi) is 6.01. The van der Waals surface area contributed by atoms with Crippen LogP contribution in [0, 0.1) is 6.92 Å². The molecule has 0 saturated carbocycles. The van der Waals surface area contributed by atoms with Crippen LogP contribution in [0.2, 0.25) is 5.02 Å². The summed E-state index contributed by atoms with van der Waals surface area (Å²) in [7, 11) is -4.34. The molecule has 1 heterocycles. The molecule has 2 aromatic carbocycles. The van der Waals surface area contributed by atoms with Crippen molar-refractivity contribution in [3.8, 4) is 0 Å². The van der Waals surface area contributed by atoms with Gasteiger partial charge in [0.1, 0.15) is 0 Å². The molecule has 0 saturated heterocycles. The Bertz CT molecular complexity index is 1210. The fraction of sp³-hybridized carbons (Fsp3) is 0.118. The van der Waals surface area contributed by atoms with Gasteiger partial charge in [0.25, 0.3) is 20.3 Å². The lowest BCUT2D eigenvalue weighted by atomic mass is 10.1. The molecule has 1 aromatic heterocycles. The van der Waals surface area contributed by atoms with E-state index in [1.54, 1.807) is 31.2 Å². The summed E-state index contributed by atoms with van der Waals surface area (Å²) in [4.78, 5) is 12.3. The minimum atomic E-state index is -4.76. The van der Waals surface area contributed by atoms with Crippen LogP contribution in [0.25, 0.3) is 0 Å². The van der Waals surface area contributed by atoms with Crippen molar-refractivity contribution in [2.45, 2.75) is 17.4 Å². The summed E-state index contributed by atoms with van der Waals surface area (Å²) in [5.74, 6) is -0.506. The molecule has 30 heavy (non-hydrogen) atoms.